The number of hydrogen-bond donors (Lipinski definition) is 3. The minimum absolute atomic E-state index is 0. The molecule has 0 saturated carbocycles. The molecule has 106 valence electrons. The van der Waals surface area contributed by atoms with Gasteiger partial charge in [-0.3, -0.25) is 14.0 Å². The van der Waals surface area contributed by atoms with Gasteiger partial charge in [0.2, 0.25) is 5.95 Å². The van der Waals surface area contributed by atoms with Crippen LogP contribution in [0.3, 0.4) is 0 Å². The van der Waals surface area contributed by atoms with Crippen LogP contribution in [0.2, 0.25) is 0 Å². The van der Waals surface area contributed by atoms with Crippen molar-refractivity contribution < 1.29 is 50.1 Å². The van der Waals surface area contributed by atoms with Crippen molar-refractivity contribution in [1.29, 1.82) is 0 Å². The second kappa shape index (κ2) is 10.5. The van der Waals surface area contributed by atoms with Crippen molar-refractivity contribution >= 4 is 27.9 Å². The molecule has 0 unspecified atom stereocenters. The smallest absolute Gasteiger partial charge is 1.00 e. The van der Waals surface area contributed by atoms with Crippen molar-refractivity contribution in [3.05, 3.63) is 16.7 Å². The number of nitrogen functional groups attached to an aromatic ring is 1. The zero-order valence-corrected chi connectivity index (χ0v) is 13.9. The normalized spacial score (nSPS) is 8.39. The van der Waals surface area contributed by atoms with E-state index in [1.54, 1.807) is 12.5 Å². The van der Waals surface area contributed by atoms with Crippen molar-refractivity contribution in [2.75, 3.05) is 18.2 Å². The van der Waals surface area contributed by atoms with Crippen LogP contribution >= 0.6 is 0 Å². The van der Waals surface area contributed by atoms with Crippen LogP contribution < -0.4 is 36.1 Å². The summed E-state index contributed by atoms with van der Waals surface area (Å²) >= 11 is 0. The molecule has 7 nitrogen and oxygen atoms in total. The van der Waals surface area contributed by atoms with Crippen LogP contribution in [0.1, 0.15) is 0 Å². The number of aromatic amines is 2. The van der Waals surface area contributed by atoms with E-state index in [1.165, 1.54) is 6.33 Å². The SMILES string of the molecule is CS(C)=O.Nc1nc2nc[nH]c2c(=O)[nH]1.[Cl-].[Cl-].[Pt+2]. The largest absolute Gasteiger partial charge is 2.00 e. The van der Waals surface area contributed by atoms with E-state index in [4.69, 9.17) is 5.73 Å². The molecule has 0 aliphatic heterocycles. The van der Waals surface area contributed by atoms with Gasteiger partial charge in [0.1, 0.15) is 0 Å². The van der Waals surface area contributed by atoms with Gasteiger partial charge >= 0.3 is 21.1 Å². The molecule has 0 aromatic carbocycles. The van der Waals surface area contributed by atoms with Crippen molar-refractivity contribution in [2.24, 2.45) is 0 Å². The maximum absolute atomic E-state index is 11.0. The fraction of sp³-hybridized carbons (Fsp3) is 0.286. The van der Waals surface area contributed by atoms with Gasteiger partial charge in [-0.2, -0.15) is 4.98 Å². The number of anilines is 1. The zero-order chi connectivity index (χ0) is 11.4. The predicted molar refractivity (Wildman–Crippen MR) is 58.9 cm³/mol. The molecule has 0 aliphatic carbocycles. The van der Waals surface area contributed by atoms with Crippen molar-refractivity contribution in [2.45, 2.75) is 0 Å². The Labute approximate surface area is 132 Å². The van der Waals surface area contributed by atoms with Crippen LogP contribution in [0.4, 0.5) is 5.95 Å². The first kappa shape index (κ1) is 22.7. The fourth-order valence-electron chi connectivity index (χ4n) is 0.860. The van der Waals surface area contributed by atoms with E-state index in [1.807, 2.05) is 0 Å². The Kier molecular flexibility index (Phi) is 13.2. The maximum Gasteiger partial charge on any atom is 2.00 e. The molecular weight excluding hydrogens is 484 g/mol. The van der Waals surface area contributed by atoms with E-state index in [9.17, 15) is 9.00 Å². The molecule has 2 heterocycles. The third kappa shape index (κ3) is 7.10. The molecule has 0 saturated heterocycles. The molecule has 4 N–H and O–H groups in total. The van der Waals surface area contributed by atoms with E-state index in [2.05, 4.69) is 19.9 Å². The summed E-state index contributed by atoms with van der Waals surface area (Å²) in [5, 5.41) is 0. The Hall–Kier alpha value is -0.432. The van der Waals surface area contributed by atoms with Gasteiger partial charge in [0, 0.05) is 23.3 Å². The summed E-state index contributed by atoms with van der Waals surface area (Å²) in [7, 11) is -0.611. The van der Waals surface area contributed by atoms with Gasteiger partial charge in [-0.05, 0) is 0 Å². The van der Waals surface area contributed by atoms with Gasteiger partial charge in [0.05, 0.1) is 6.33 Å². The molecule has 0 aliphatic rings. The first-order valence-corrected chi connectivity index (χ1v) is 5.91. The molecule has 0 radical (unpaired) electrons. The number of nitrogens with two attached hydrogens (primary N) is 1. The number of halogens is 2. The summed E-state index contributed by atoms with van der Waals surface area (Å²) in [6, 6.07) is 0. The number of rotatable bonds is 0. The number of H-pyrrole nitrogens is 2. The predicted octanol–water partition coefficient (Wildman–Crippen LogP) is -6.77. The van der Waals surface area contributed by atoms with Crippen LogP contribution in [-0.2, 0) is 31.9 Å². The van der Waals surface area contributed by atoms with Crippen molar-refractivity contribution in [1.82, 2.24) is 19.9 Å². The first-order valence-electron chi connectivity index (χ1n) is 3.94. The van der Waals surface area contributed by atoms with Gasteiger partial charge in [-0.15, -0.1) is 0 Å². The minimum atomic E-state index is -0.611. The van der Waals surface area contributed by atoms with Crippen LogP contribution in [0.25, 0.3) is 11.2 Å². The van der Waals surface area contributed by atoms with Gasteiger partial charge in [-0.1, -0.05) is 0 Å². The quantitative estimate of drug-likeness (QED) is 0.336. The van der Waals surface area contributed by atoms with Gasteiger partial charge in [0.25, 0.3) is 5.56 Å². The molecule has 18 heavy (non-hydrogen) atoms. The minimum Gasteiger partial charge on any atom is -1.00 e. The number of hydrogen-bond acceptors (Lipinski definition) is 5. The van der Waals surface area contributed by atoms with E-state index >= 15 is 0 Å². The van der Waals surface area contributed by atoms with Crippen LogP contribution in [0.15, 0.2) is 11.1 Å². The molecule has 2 rings (SSSR count). The van der Waals surface area contributed by atoms with Crippen molar-refractivity contribution in [3.8, 4) is 0 Å². The van der Waals surface area contributed by atoms with Gasteiger partial charge in [-0.25, -0.2) is 4.98 Å². The van der Waals surface area contributed by atoms with Gasteiger partial charge < -0.3 is 35.5 Å². The molecule has 0 atom stereocenters. The van der Waals surface area contributed by atoms with E-state index in [-0.39, 0.29) is 57.4 Å². The monoisotopic (exact) mass is 494 g/mol. The van der Waals surface area contributed by atoms with Crippen LogP contribution in [-0.4, -0.2) is 36.7 Å². The Bertz CT molecular complexity index is 542. The van der Waals surface area contributed by atoms with E-state index in [0.717, 1.165) is 0 Å². The molecule has 0 spiro atoms. The third-order valence-electron chi connectivity index (χ3n) is 1.31. The summed E-state index contributed by atoms with van der Waals surface area (Å²) in [5.74, 6) is 0.0783. The van der Waals surface area contributed by atoms with E-state index in [0.29, 0.717) is 11.2 Å². The summed E-state index contributed by atoms with van der Waals surface area (Å²) < 4.78 is 9.56. The number of fused-ring (bicyclic) bond motifs is 1. The summed E-state index contributed by atoms with van der Waals surface area (Å²) in [4.78, 5) is 23.5. The molecule has 2 aromatic rings. The Morgan fingerprint density at radius 2 is 1.83 bits per heavy atom. The number of aromatic nitrogens is 4. The molecule has 0 fully saturated rings. The second-order valence-corrected chi connectivity index (χ2v) is 4.28. The summed E-state index contributed by atoms with van der Waals surface area (Å²) in [6.45, 7) is 0. The topological polar surface area (TPSA) is 118 Å². The zero-order valence-electron chi connectivity index (χ0n) is 9.35. The number of nitrogens with zero attached hydrogens (tertiary/aromatic N) is 2. The molecular formula is C7H11Cl2N5O2PtS. The van der Waals surface area contributed by atoms with Crippen LogP contribution in [0.5, 0.6) is 0 Å². The summed E-state index contributed by atoms with van der Waals surface area (Å²) in [5.41, 5.74) is 5.65. The fourth-order valence-corrected chi connectivity index (χ4v) is 0.860. The average molecular weight is 495 g/mol. The van der Waals surface area contributed by atoms with E-state index < -0.39 is 10.8 Å². The maximum atomic E-state index is 11.0. The number of imidazole rings is 1. The Balaban J connectivity index is -0.000000289. The number of nitrogens with one attached hydrogen (secondary N) is 2. The average Bonchev–Trinajstić information content (AvgIpc) is 2.50. The second-order valence-electron chi connectivity index (χ2n) is 2.79. The molecule has 0 amide bonds. The van der Waals surface area contributed by atoms with Crippen molar-refractivity contribution in [3.63, 3.8) is 0 Å². The first-order chi connectivity index (χ1) is 7.00. The third-order valence-corrected chi connectivity index (χ3v) is 1.31. The Morgan fingerprint density at radius 1 is 1.33 bits per heavy atom. The summed E-state index contributed by atoms with van der Waals surface area (Å²) in [6.07, 6.45) is 4.67. The molecule has 11 heteroatoms. The van der Waals surface area contributed by atoms with Gasteiger partial charge in [0.15, 0.2) is 11.2 Å². The van der Waals surface area contributed by atoms with Crippen LogP contribution in [0, 0.1) is 0 Å². The standard InChI is InChI=1S/C5H5N5O.C2H6OS.2ClH.Pt/c6-5-9-3-2(4(11)10-5)7-1-8-3;1-4(2)3;;;/h1H,(H4,6,7,8,9,10,11);1-2H3;2*1H;/q;;;;+2/p-2. The molecule has 0 bridgehead atoms. The molecule has 2 aromatic heterocycles. The Morgan fingerprint density at radius 3 is 2.33 bits per heavy atom.